The monoisotopic (exact) mass is 277 g/mol. The molecule has 19 heavy (non-hydrogen) atoms. The van der Waals surface area contributed by atoms with Crippen LogP contribution in [0.3, 0.4) is 0 Å². The van der Waals surface area contributed by atoms with Crippen LogP contribution in [0.25, 0.3) is 0 Å². The third-order valence-electron chi connectivity index (χ3n) is 3.29. The van der Waals surface area contributed by atoms with Crippen molar-refractivity contribution in [2.75, 3.05) is 19.7 Å². The van der Waals surface area contributed by atoms with E-state index in [2.05, 4.69) is 12.2 Å². The first-order valence-corrected chi connectivity index (χ1v) is 7.49. The summed E-state index contributed by atoms with van der Waals surface area (Å²) in [6.07, 6.45) is 5.03. The van der Waals surface area contributed by atoms with Gasteiger partial charge in [-0.05, 0) is 13.0 Å². The van der Waals surface area contributed by atoms with Crippen LogP contribution < -0.4 is 5.32 Å². The van der Waals surface area contributed by atoms with Gasteiger partial charge in [0.25, 0.3) is 0 Å². The van der Waals surface area contributed by atoms with Gasteiger partial charge in [0.05, 0.1) is 12.7 Å². The van der Waals surface area contributed by atoms with Gasteiger partial charge < -0.3 is 25.7 Å². The Morgan fingerprint density at radius 2 is 1.42 bits per heavy atom. The van der Waals surface area contributed by atoms with Crippen molar-refractivity contribution in [3.05, 3.63) is 0 Å². The minimum atomic E-state index is -1.30. The summed E-state index contributed by atoms with van der Waals surface area (Å²) in [6, 6.07) is 0. The van der Waals surface area contributed by atoms with E-state index < -0.39 is 24.9 Å². The summed E-state index contributed by atoms with van der Waals surface area (Å²) in [4.78, 5) is 0. The highest BCUT2D eigenvalue weighted by Crippen LogP contribution is 2.06. The van der Waals surface area contributed by atoms with Crippen LogP contribution in [0.2, 0.25) is 0 Å². The summed E-state index contributed by atoms with van der Waals surface area (Å²) in [5.74, 6) is 0. The van der Waals surface area contributed by atoms with Crippen LogP contribution in [0, 0.1) is 0 Å². The minimum absolute atomic E-state index is 0.230. The lowest BCUT2D eigenvalue weighted by molar-refractivity contribution is -0.0749. The van der Waals surface area contributed by atoms with E-state index in [9.17, 15) is 10.2 Å². The first kappa shape index (κ1) is 18.8. The number of hydrogen-bond donors (Lipinski definition) is 5. The molecule has 3 atom stereocenters. The maximum Gasteiger partial charge on any atom is 0.109 e. The third kappa shape index (κ3) is 10.3. The van der Waals surface area contributed by atoms with Crippen molar-refractivity contribution >= 4 is 0 Å². The van der Waals surface area contributed by atoms with Crippen LogP contribution in [0.15, 0.2) is 0 Å². The summed E-state index contributed by atoms with van der Waals surface area (Å²) in [5.41, 5.74) is 0. The fourth-order valence-electron chi connectivity index (χ4n) is 1.94. The summed E-state index contributed by atoms with van der Waals surface area (Å²) in [7, 11) is 0. The highest BCUT2D eigenvalue weighted by molar-refractivity contribution is 4.76. The topological polar surface area (TPSA) is 93.0 Å². The van der Waals surface area contributed by atoms with Crippen molar-refractivity contribution in [2.24, 2.45) is 0 Å². The van der Waals surface area contributed by atoms with E-state index in [1.807, 2.05) is 0 Å². The number of hydrogen-bond acceptors (Lipinski definition) is 5. The molecule has 5 nitrogen and oxygen atoms in total. The molecule has 0 heterocycles. The Morgan fingerprint density at radius 3 is 2.00 bits per heavy atom. The molecule has 0 aromatic heterocycles. The number of unbranched alkanes of at least 4 members (excludes halogenated alkanes) is 6. The summed E-state index contributed by atoms with van der Waals surface area (Å²) in [6.45, 7) is 2.69. The normalized spacial score (nSPS) is 16.3. The van der Waals surface area contributed by atoms with Crippen LogP contribution in [0.1, 0.15) is 51.9 Å². The van der Waals surface area contributed by atoms with E-state index in [1.165, 1.54) is 38.5 Å². The SMILES string of the molecule is CCCCCCCCCNC[C@H](O)[C@H](O)[C@H](O)CO. The highest BCUT2D eigenvalue weighted by atomic mass is 16.4. The molecule has 0 fully saturated rings. The number of aliphatic hydroxyl groups is 4. The Kier molecular flexibility index (Phi) is 12.7. The van der Waals surface area contributed by atoms with Crippen LogP contribution in [-0.2, 0) is 0 Å². The Labute approximate surface area is 116 Å². The molecule has 0 saturated carbocycles. The van der Waals surface area contributed by atoms with Gasteiger partial charge in [0.2, 0.25) is 0 Å². The second kappa shape index (κ2) is 12.8. The molecule has 0 unspecified atom stereocenters. The fourth-order valence-corrected chi connectivity index (χ4v) is 1.94. The maximum absolute atomic E-state index is 9.54. The Balaban J connectivity index is 3.34. The quantitative estimate of drug-likeness (QED) is 0.314. The molecule has 0 aliphatic heterocycles. The average Bonchev–Trinajstić information content (AvgIpc) is 2.43. The van der Waals surface area contributed by atoms with Gasteiger partial charge in [0, 0.05) is 6.54 Å². The first-order chi connectivity index (χ1) is 9.13. The Bertz CT molecular complexity index is 192. The second-order valence-corrected chi connectivity index (χ2v) is 5.13. The van der Waals surface area contributed by atoms with E-state index in [0.717, 1.165) is 13.0 Å². The highest BCUT2D eigenvalue weighted by Gasteiger charge is 2.23. The van der Waals surface area contributed by atoms with Crippen molar-refractivity contribution in [2.45, 2.75) is 70.2 Å². The number of aliphatic hydroxyl groups excluding tert-OH is 4. The van der Waals surface area contributed by atoms with Gasteiger partial charge in [0.1, 0.15) is 12.2 Å². The van der Waals surface area contributed by atoms with Crippen LogP contribution in [0.5, 0.6) is 0 Å². The largest absolute Gasteiger partial charge is 0.394 e. The van der Waals surface area contributed by atoms with Crippen molar-refractivity contribution in [1.29, 1.82) is 0 Å². The molecule has 0 aromatic carbocycles. The zero-order valence-electron chi connectivity index (χ0n) is 12.1. The lowest BCUT2D eigenvalue weighted by atomic mass is 10.1. The van der Waals surface area contributed by atoms with Crippen molar-refractivity contribution in [1.82, 2.24) is 5.32 Å². The van der Waals surface area contributed by atoms with Gasteiger partial charge in [0.15, 0.2) is 0 Å². The maximum atomic E-state index is 9.54. The summed E-state index contributed by atoms with van der Waals surface area (Å²) >= 11 is 0. The lowest BCUT2D eigenvalue weighted by Crippen LogP contribution is -2.44. The standard InChI is InChI=1S/C14H31NO4/c1-2-3-4-5-6-7-8-9-15-10-12(17)14(19)13(18)11-16/h12-19H,2-11H2,1H3/t12-,13+,14-/m0/s1. The molecule has 5 heteroatoms. The predicted octanol–water partition coefficient (Wildman–Crippen LogP) is 0.402. The van der Waals surface area contributed by atoms with Gasteiger partial charge in [-0.1, -0.05) is 45.4 Å². The van der Waals surface area contributed by atoms with Crippen LogP contribution in [-0.4, -0.2) is 58.4 Å². The number of nitrogens with one attached hydrogen (secondary N) is 1. The van der Waals surface area contributed by atoms with Crippen molar-refractivity contribution in [3.63, 3.8) is 0 Å². The van der Waals surface area contributed by atoms with E-state index in [-0.39, 0.29) is 6.54 Å². The second-order valence-electron chi connectivity index (χ2n) is 5.13. The van der Waals surface area contributed by atoms with E-state index >= 15 is 0 Å². The molecule has 0 radical (unpaired) electrons. The zero-order chi connectivity index (χ0) is 14.5. The predicted molar refractivity (Wildman–Crippen MR) is 76.0 cm³/mol. The Hall–Kier alpha value is -0.200. The third-order valence-corrected chi connectivity index (χ3v) is 3.29. The molecule has 0 aromatic rings. The summed E-state index contributed by atoms with van der Waals surface area (Å²) < 4.78 is 0. The fraction of sp³-hybridized carbons (Fsp3) is 1.00. The van der Waals surface area contributed by atoms with E-state index in [1.54, 1.807) is 0 Å². The smallest absolute Gasteiger partial charge is 0.109 e. The average molecular weight is 277 g/mol. The Morgan fingerprint density at radius 1 is 0.842 bits per heavy atom. The minimum Gasteiger partial charge on any atom is -0.394 e. The van der Waals surface area contributed by atoms with E-state index in [0.29, 0.717) is 0 Å². The van der Waals surface area contributed by atoms with Gasteiger partial charge in [-0.15, -0.1) is 0 Å². The molecule has 0 rings (SSSR count). The van der Waals surface area contributed by atoms with Crippen molar-refractivity contribution in [3.8, 4) is 0 Å². The molecule has 0 aliphatic rings. The lowest BCUT2D eigenvalue weighted by Gasteiger charge is -2.21. The molecule has 0 bridgehead atoms. The van der Waals surface area contributed by atoms with Gasteiger partial charge in [-0.25, -0.2) is 0 Å². The number of rotatable bonds is 13. The molecular formula is C14H31NO4. The molecule has 0 aliphatic carbocycles. The molecular weight excluding hydrogens is 246 g/mol. The zero-order valence-corrected chi connectivity index (χ0v) is 12.1. The van der Waals surface area contributed by atoms with Crippen LogP contribution in [0.4, 0.5) is 0 Å². The van der Waals surface area contributed by atoms with Gasteiger partial charge in [-0.2, -0.15) is 0 Å². The van der Waals surface area contributed by atoms with E-state index in [4.69, 9.17) is 10.2 Å². The molecule has 0 amide bonds. The molecule has 116 valence electrons. The summed E-state index contributed by atoms with van der Waals surface area (Å²) in [5, 5.41) is 39.8. The first-order valence-electron chi connectivity index (χ1n) is 7.49. The van der Waals surface area contributed by atoms with Crippen LogP contribution >= 0.6 is 0 Å². The molecule has 0 spiro atoms. The molecule has 0 saturated heterocycles. The van der Waals surface area contributed by atoms with Gasteiger partial charge >= 0.3 is 0 Å². The van der Waals surface area contributed by atoms with Crippen molar-refractivity contribution < 1.29 is 20.4 Å². The van der Waals surface area contributed by atoms with Gasteiger partial charge in [-0.3, -0.25) is 0 Å². The molecule has 5 N–H and O–H groups in total.